The predicted molar refractivity (Wildman–Crippen MR) is 88.8 cm³/mol. The average molecular weight is 332 g/mol. The highest BCUT2D eigenvalue weighted by molar-refractivity contribution is 7.98. The van der Waals surface area contributed by atoms with Crippen LogP contribution < -0.4 is 0 Å². The zero-order valence-electron chi connectivity index (χ0n) is 14.0. The van der Waals surface area contributed by atoms with Crippen molar-refractivity contribution >= 4 is 17.7 Å². The quantitative estimate of drug-likeness (QED) is 0.774. The van der Waals surface area contributed by atoms with Crippen LogP contribution in [0.15, 0.2) is 0 Å². The highest BCUT2D eigenvalue weighted by Crippen LogP contribution is 2.24. The molecule has 0 N–H and O–H groups in total. The highest BCUT2D eigenvalue weighted by Gasteiger charge is 2.33. The number of likely N-dealkylation sites (tertiary alicyclic amines) is 2. The number of thioether (sulfide) groups is 1. The molecule has 0 saturated carbocycles. The van der Waals surface area contributed by atoms with Gasteiger partial charge in [-0.1, -0.05) is 13.8 Å². The lowest BCUT2D eigenvalue weighted by atomic mass is 10.0. The molecule has 22 heavy (non-hydrogen) atoms. The fourth-order valence-electron chi connectivity index (χ4n) is 3.22. The largest absolute Gasteiger partial charge is 0.372 e. The van der Waals surface area contributed by atoms with Gasteiger partial charge in [-0.15, -0.1) is 11.8 Å². The number of carbonyl (C=O) groups excluding carboxylic acids is 1. The maximum Gasteiger partial charge on any atom is 0.225 e. The van der Waals surface area contributed by atoms with Crippen molar-refractivity contribution < 1.29 is 13.9 Å². The third-order valence-corrected chi connectivity index (χ3v) is 5.12. The summed E-state index contributed by atoms with van der Waals surface area (Å²) < 4.78 is 20.3. The minimum atomic E-state index is -0.892. The zero-order chi connectivity index (χ0) is 16.1. The van der Waals surface area contributed by atoms with Gasteiger partial charge in [-0.3, -0.25) is 9.69 Å². The van der Waals surface area contributed by atoms with Crippen molar-refractivity contribution in [1.29, 1.82) is 0 Å². The highest BCUT2D eigenvalue weighted by atomic mass is 32.2. The van der Waals surface area contributed by atoms with Gasteiger partial charge in [-0.05, 0) is 25.5 Å². The van der Waals surface area contributed by atoms with Crippen LogP contribution in [-0.4, -0.2) is 72.4 Å². The van der Waals surface area contributed by atoms with Crippen LogP contribution in [0.5, 0.6) is 0 Å². The van der Waals surface area contributed by atoms with Crippen LogP contribution in [-0.2, 0) is 9.53 Å². The monoisotopic (exact) mass is 332 g/mol. The lowest BCUT2D eigenvalue weighted by Crippen LogP contribution is -2.48. The number of hydrogen-bond donors (Lipinski definition) is 0. The fourth-order valence-corrected chi connectivity index (χ4v) is 3.82. The van der Waals surface area contributed by atoms with Crippen LogP contribution in [0.2, 0.25) is 0 Å². The van der Waals surface area contributed by atoms with E-state index in [0.29, 0.717) is 6.54 Å². The topological polar surface area (TPSA) is 32.8 Å². The van der Waals surface area contributed by atoms with E-state index in [0.717, 1.165) is 44.8 Å². The molecule has 0 radical (unpaired) electrons. The minimum absolute atomic E-state index is 0.0495. The van der Waals surface area contributed by atoms with E-state index in [9.17, 15) is 9.18 Å². The molecule has 2 unspecified atom stereocenters. The van der Waals surface area contributed by atoms with E-state index in [2.05, 4.69) is 4.90 Å². The van der Waals surface area contributed by atoms with Crippen molar-refractivity contribution in [3.8, 4) is 0 Å². The lowest BCUT2D eigenvalue weighted by molar-refractivity contribution is -0.140. The molecule has 6 heteroatoms. The van der Waals surface area contributed by atoms with Gasteiger partial charge in [0.05, 0.1) is 12.2 Å². The molecule has 2 fully saturated rings. The van der Waals surface area contributed by atoms with Gasteiger partial charge >= 0.3 is 0 Å². The van der Waals surface area contributed by atoms with Gasteiger partial charge < -0.3 is 9.64 Å². The minimum Gasteiger partial charge on any atom is -0.372 e. The first-order valence-electron chi connectivity index (χ1n) is 8.31. The van der Waals surface area contributed by atoms with Crippen molar-refractivity contribution in [2.75, 3.05) is 38.3 Å². The van der Waals surface area contributed by atoms with Crippen LogP contribution in [0, 0.1) is 5.92 Å². The molecule has 1 amide bonds. The van der Waals surface area contributed by atoms with Gasteiger partial charge in [0.25, 0.3) is 0 Å². The van der Waals surface area contributed by atoms with Gasteiger partial charge in [0.15, 0.2) is 0 Å². The van der Waals surface area contributed by atoms with Gasteiger partial charge in [0.2, 0.25) is 5.91 Å². The normalized spacial score (nSPS) is 28.3. The Bertz CT molecular complexity index is 362. The number of piperidine rings is 2. The maximum atomic E-state index is 14.2. The Morgan fingerprint density at radius 3 is 2.50 bits per heavy atom. The Balaban J connectivity index is 1.73. The first kappa shape index (κ1) is 18.0. The molecule has 2 saturated heterocycles. The van der Waals surface area contributed by atoms with E-state index in [4.69, 9.17) is 4.74 Å². The molecule has 0 aliphatic carbocycles. The number of alkyl halides is 1. The summed E-state index contributed by atoms with van der Waals surface area (Å²) in [6, 6.07) is 0. The Labute approximate surface area is 137 Å². The molecule has 0 aromatic rings. The Morgan fingerprint density at radius 1 is 1.27 bits per heavy atom. The van der Waals surface area contributed by atoms with Crippen molar-refractivity contribution in [3.63, 3.8) is 0 Å². The fraction of sp³-hybridized carbons (Fsp3) is 0.938. The van der Waals surface area contributed by atoms with E-state index in [1.54, 1.807) is 11.8 Å². The summed E-state index contributed by atoms with van der Waals surface area (Å²) in [5, 5.41) is 0. The number of rotatable bonds is 5. The van der Waals surface area contributed by atoms with Crippen LogP contribution >= 0.6 is 11.8 Å². The maximum absolute atomic E-state index is 14.2. The first-order valence-corrected chi connectivity index (χ1v) is 9.70. The summed E-state index contributed by atoms with van der Waals surface area (Å²) in [5.41, 5.74) is 0. The molecule has 2 atom stereocenters. The van der Waals surface area contributed by atoms with Crippen LogP contribution in [0.3, 0.4) is 0 Å². The molecule has 0 aromatic heterocycles. The molecule has 0 aromatic carbocycles. The van der Waals surface area contributed by atoms with E-state index in [-0.39, 0.29) is 24.0 Å². The summed E-state index contributed by atoms with van der Waals surface area (Å²) in [4.78, 5) is 16.0. The third kappa shape index (κ3) is 4.83. The summed E-state index contributed by atoms with van der Waals surface area (Å²) in [6.07, 6.45) is 3.42. The number of ether oxygens (including phenoxy) is 1. The van der Waals surface area contributed by atoms with Crippen LogP contribution in [0.1, 0.15) is 33.1 Å². The van der Waals surface area contributed by atoms with Crippen molar-refractivity contribution in [2.45, 2.75) is 51.5 Å². The molecule has 2 heterocycles. The third-order valence-electron chi connectivity index (χ3n) is 4.49. The standard InChI is InChI=1S/C16H29FN2O2S/c1-12(2)16(20)19-8-4-13(5-9-19)21-15-6-7-18(11-22-3)10-14(15)17/h12-15H,4-11H2,1-3H3. The second kappa shape index (κ2) is 8.50. The first-order chi connectivity index (χ1) is 10.5. The molecule has 2 aliphatic heterocycles. The van der Waals surface area contributed by atoms with Gasteiger partial charge in [-0.2, -0.15) is 0 Å². The number of hydrogen-bond acceptors (Lipinski definition) is 4. The van der Waals surface area contributed by atoms with E-state index in [1.165, 1.54) is 0 Å². The lowest BCUT2D eigenvalue weighted by Gasteiger charge is -2.38. The van der Waals surface area contributed by atoms with E-state index < -0.39 is 6.17 Å². The number of nitrogens with zero attached hydrogens (tertiary/aromatic N) is 2. The second-order valence-corrected chi connectivity index (χ2v) is 7.49. The van der Waals surface area contributed by atoms with Crippen molar-refractivity contribution in [3.05, 3.63) is 0 Å². The van der Waals surface area contributed by atoms with Crippen molar-refractivity contribution in [2.24, 2.45) is 5.92 Å². The predicted octanol–water partition coefficient (Wildman–Crippen LogP) is 2.38. The second-order valence-electron chi connectivity index (χ2n) is 6.65. The SMILES string of the molecule is CSCN1CCC(OC2CCN(C(=O)C(C)C)CC2)C(F)C1. The van der Waals surface area contributed by atoms with E-state index >= 15 is 0 Å². The molecule has 4 nitrogen and oxygen atoms in total. The smallest absolute Gasteiger partial charge is 0.225 e. The molecule has 2 aliphatic rings. The number of amides is 1. The van der Waals surface area contributed by atoms with Gasteiger partial charge in [-0.25, -0.2) is 4.39 Å². The van der Waals surface area contributed by atoms with Gasteiger partial charge in [0.1, 0.15) is 6.17 Å². The summed E-state index contributed by atoms with van der Waals surface area (Å²) >= 11 is 1.73. The molecular weight excluding hydrogens is 303 g/mol. The summed E-state index contributed by atoms with van der Waals surface area (Å²) in [6.45, 7) is 6.74. The van der Waals surface area contributed by atoms with Crippen LogP contribution in [0.25, 0.3) is 0 Å². The Hall–Kier alpha value is -0.330. The Kier molecular flexibility index (Phi) is 6.96. The summed E-state index contributed by atoms with van der Waals surface area (Å²) in [5.74, 6) is 1.16. The zero-order valence-corrected chi connectivity index (χ0v) is 14.8. The number of carbonyl (C=O) groups is 1. The van der Waals surface area contributed by atoms with Gasteiger partial charge in [0, 0.05) is 38.0 Å². The van der Waals surface area contributed by atoms with Crippen LogP contribution in [0.4, 0.5) is 4.39 Å². The number of halogens is 1. The average Bonchev–Trinajstić information content (AvgIpc) is 2.50. The molecular formula is C16H29FN2O2S. The van der Waals surface area contributed by atoms with E-state index in [1.807, 2.05) is 25.0 Å². The Morgan fingerprint density at radius 2 is 1.95 bits per heavy atom. The molecule has 2 rings (SSSR count). The molecule has 128 valence electrons. The molecule has 0 spiro atoms. The summed E-state index contributed by atoms with van der Waals surface area (Å²) in [7, 11) is 0. The van der Waals surface area contributed by atoms with Crippen molar-refractivity contribution in [1.82, 2.24) is 9.80 Å². The molecule has 0 bridgehead atoms.